The average molecular weight is 262 g/mol. The van der Waals surface area contributed by atoms with Crippen LogP contribution in [0.3, 0.4) is 0 Å². The lowest BCUT2D eigenvalue weighted by atomic mass is 9.75. The van der Waals surface area contributed by atoms with Crippen molar-refractivity contribution in [1.29, 1.82) is 0 Å². The Bertz CT molecular complexity index is 485. The highest BCUT2D eigenvalue weighted by Crippen LogP contribution is 2.88. The molecule has 3 spiro atoms. The number of amides is 2. The Labute approximate surface area is 111 Å². The summed E-state index contributed by atoms with van der Waals surface area (Å²) >= 11 is 0. The fourth-order valence-corrected chi connectivity index (χ4v) is 4.83. The first-order valence-electron chi connectivity index (χ1n) is 7.42. The summed E-state index contributed by atoms with van der Waals surface area (Å²) < 4.78 is 5.34. The van der Waals surface area contributed by atoms with Gasteiger partial charge in [0.15, 0.2) is 6.04 Å². The third-order valence-electron chi connectivity index (χ3n) is 6.42. The monoisotopic (exact) mass is 262 g/mol. The summed E-state index contributed by atoms with van der Waals surface area (Å²) in [6.07, 6.45) is 7.32. The highest BCUT2D eigenvalue weighted by Gasteiger charge is 2.87. The lowest BCUT2D eigenvalue weighted by molar-refractivity contribution is -0.130. The van der Waals surface area contributed by atoms with Crippen LogP contribution < -0.4 is 10.6 Å². The number of carbonyl (C=O) groups is 2. The summed E-state index contributed by atoms with van der Waals surface area (Å²) in [7, 11) is 0. The predicted molar refractivity (Wildman–Crippen MR) is 65.3 cm³/mol. The molecular formula is C14H18N2O3. The quantitative estimate of drug-likeness (QED) is 0.782. The SMILES string of the molecule is O=C1NC(C(=O)NC2C3(CC3)C23CC3)C2(CCC2)O1. The van der Waals surface area contributed by atoms with E-state index >= 15 is 0 Å². The maximum atomic E-state index is 12.5. The Kier molecular flexibility index (Phi) is 1.53. The number of carbonyl (C=O) groups excluding carboxylic acids is 2. The molecule has 2 N–H and O–H groups in total. The molecule has 1 heterocycles. The van der Waals surface area contributed by atoms with Crippen LogP contribution in [-0.4, -0.2) is 29.7 Å². The fourth-order valence-electron chi connectivity index (χ4n) is 4.83. The number of fused-ring (bicyclic) bond motifs is 1. The van der Waals surface area contributed by atoms with Gasteiger partial charge in [-0.05, 0) is 55.8 Å². The molecule has 4 aliphatic carbocycles. The van der Waals surface area contributed by atoms with Crippen molar-refractivity contribution in [2.45, 2.75) is 62.6 Å². The maximum Gasteiger partial charge on any atom is 0.408 e. The maximum absolute atomic E-state index is 12.5. The number of rotatable bonds is 2. The molecule has 4 saturated carbocycles. The van der Waals surface area contributed by atoms with Crippen molar-refractivity contribution in [2.24, 2.45) is 10.8 Å². The van der Waals surface area contributed by atoms with Crippen LogP contribution in [-0.2, 0) is 9.53 Å². The molecule has 5 heteroatoms. The zero-order chi connectivity index (χ0) is 12.9. The van der Waals surface area contributed by atoms with Gasteiger partial charge in [0.25, 0.3) is 0 Å². The largest absolute Gasteiger partial charge is 0.440 e. The molecule has 5 nitrogen and oxygen atoms in total. The molecule has 1 unspecified atom stereocenters. The molecule has 1 aliphatic heterocycles. The average Bonchev–Trinajstić information content (AvgIpc) is 3.24. The van der Waals surface area contributed by atoms with Crippen LogP contribution in [0.5, 0.6) is 0 Å². The Morgan fingerprint density at radius 3 is 2.26 bits per heavy atom. The van der Waals surface area contributed by atoms with Gasteiger partial charge in [0.05, 0.1) is 0 Å². The number of hydrogen-bond acceptors (Lipinski definition) is 3. The minimum absolute atomic E-state index is 0.0226. The Hall–Kier alpha value is -1.26. The van der Waals surface area contributed by atoms with E-state index in [4.69, 9.17) is 4.74 Å². The second kappa shape index (κ2) is 2.76. The van der Waals surface area contributed by atoms with Gasteiger partial charge in [-0.25, -0.2) is 4.79 Å². The molecule has 0 bridgehead atoms. The van der Waals surface area contributed by atoms with E-state index in [1.807, 2.05) is 0 Å². The number of alkyl carbamates (subject to hydrolysis) is 1. The van der Waals surface area contributed by atoms with E-state index in [0.29, 0.717) is 16.9 Å². The van der Waals surface area contributed by atoms with Gasteiger partial charge in [-0.2, -0.15) is 0 Å². The molecule has 5 aliphatic rings. The number of nitrogens with one attached hydrogen (secondary N) is 2. The third-order valence-corrected chi connectivity index (χ3v) is 6.42. The fraction of sp³-hybridized carbons (Fsp3) is 0.857. The van der Waals surface area contributed by atoms with Gasteiger partial charge < -0.3 is 15.4 Å². The van der Waals surface area contributed by atoms with Crippen molar-refractivity contribution in [3.8, 4) is 0 Å². The van der Waals surface area contributed by atoms with Crippen LogP contribution in [0.4, 0.5) is 4.79 Å². The van der Waals surface area contributed by atoms with E-state index < -0.39 is 17.7 Å². The first kappa shape index (κ1) is 10.5. The first-order valence-corrected chi connectivity index (χ1v) is 7.42. The minimum Gasteiger partial charge on any atom is -0.440 e. The lowest BCUT2D eigenvalue weighted by Gasteiger charge is -2.39. The first-order chi connectivity index (χ1) is 9.12. The predicted octanol–water partition coefficient (Wildman–Crippen LogP) is 1.08. The van der Waals surface area contributed by atoms with Crippen molar-refractivity contribution in [3.05, 3.63) is 0 Å². The summed E-state index contributed by atoms with van der Waals surface area (Å²) in [5.41, 5.74) is 0.376. The molecule has 0 aromatic rings. The summed E-state index contributed by atoms with van der Waals surface area (Å²) in [5.74, 6) is -0.0226. The zero-order valence-corrected chi connectivity index (χ0v) is 10.8. The summed E-state index contributed by atoms with van der Waals surface area (Å²) in [6.45, 7) is 0. The second-order valence-corrected chi connectivity index (χ2v) is 7.14. The van der Waals surface area contributed by atoms with Crippen molar-refractivity contribution in [3.63, 3.8) is 0 Å². The van der Waals surface area contributed by atoms with Crippen LogP contribution >= 0.6 is 0 Å². The standard InChI is InChI=1S/C14H18N2O3/c17-9(8-14(2-1-3-14)19-11(18)15-8)16-10-12(4-5-12)13(10)6-7-13/h8,10H,1-7H2,(H,15,18)(H,16,17). The molecule has 0 aromatic heterocycles. The highest BCUT2D eigenvalue weighted by atomic mass is 16.6. The van der Waals surface area contributed by atoms with Crippen molar-refractivity contribution >= 4 is 12.0 Å². The molecule has 19 heavy (non-hydrogen) atoms. The topological polar surface area (TPSA) is 67.4 Å². The van der Waals surface area contributed by atoms with Crippen molar-refractivity contribution in [2.75, 3.05) is 0 Å². The second-order valence-electron chi connectivity index (χ2n) is 7.14. The van der Waals surface area contributed by atoms with Crippen LogP contribution in [0.15, 0.2) is 0 Å². The van der Waals surface area contributed by atoms with E-state index in [2.05, 4.69) is 10.6 Å². The van der Waals surface area contributed by atoms with Gasteiger partial charge in [0, 0.05) is 6.04 Å². The summed E-state index contributed by atoms with van der Waals surface area (Å²) in [4.78, 5) is 23.9. The molecule has 1 saturated heterocycles. The Morgan fingerprint density at radius 2 is 1.79 bits per heavy atom. The number of hydrogen-bond donors (Lipinski definition) is 2. The van der Waals surface area contributed by atoms with E-state index in [1.54, 1.807) is 0 Å². The van der Waals surface area contributed by atoms with Gasteiger partial charge in [-0.1, -0.05) is 0 Å². The molecular weight excluding hydrogens is 244 g/mol. The number of ether oxygens (including phenoxy) is 1. The van der Waals surface area contributed by atoms with Crippen LogP contribution in [0.2, 0.25) is 0 Å². The van der Waals surface area contributed by atoms with Crippen molar-refractivity contribution < 1.29 is 14.3 Å². The Morgan fingerprint density at radius 1 is 1.16 bits per heavy atom. The van der Waals surface area contributed by atoms with Crippen LogP contribution in [0.1, 0.15) is 44.9 Å². The molecule has 0 aromatic carbocycles. The summed E-state index contributed by atoms with van der Waals surface area (Å²) in [5, 5.41) is 5.91. The lowest BCUT2D eigenvalue weighted by Crippen LogP contribution is -2.57. The molecule has 102 valence electrons. The molecule has 5 rings (SSSR count). The van der Waals surface area contributed by atoms with Crippen molar-refractivity contribution in [1.82, 2.24) is 10.6 Å². The molecule has 2 amide bonds. The van der Waals surface area contributed by atoms with E-state index in [1.165, 1.54) is 25.7 Å². The zero-order valence-electron chi connectivity index (χ0n) is 10.8. The van der Waals surface area contributed by atoms with E-state index in [0.717, 1.165) is 19.3 Å². The third kappa shape index (κ3) is 1.05. The van der Waals surface area contributed by atoms with Crippen LogP contribution in [0, 0.1) is 10.8 Å². The van der Waals surface area contributed by atoms with E-state index in [9.17, 15) is 9.59 Å². The highest BCUT2D eigenvalue weighted by molar-refractivity contribution is 5.90. The normalized spacial score (nSPS) is 37.7. The van der Waals surface area contributed by atoms with Gasteiger partial charge >= 0.3 is 6.09 Å². The van der Waals surface area contributed by atoms with Gasteiger partial charge in [-0.15, -0.1) is 0 Å². The smallest absolute Gasteiger partial charge is 0.408 e. The summed E-state index contributed by atoms with van der Waals surface area (Å²) in [6, 6.07) is -0.0944. The molecule has 1 atom stereocenters. The van der Waals surface area contributed by atoms with Gasteiger partial charge in [0.1, 0.15) is 5.60 Å². The van der Waals surface area contributed by atoms with Crippen LogP contribution in [0.25, 0.3) is 0 Å². The molecule has 0 radical (unpaired) electrons. The molecule has 5 fully saturated rings. The van der Waals surface area contributed by atoms with Gasteiger partial charge in [-0.3, -0.25) is 4.79 Å². The Balaban J connectivity index is 1.34. The van der Waals surface area contributed by atoms with E-state index in [-0.39, 0.29) is 5.91 Å². The minimum atomic E-state index is -0.538. The van der Waals surface area contributed by atoms with Gasteiger partial charge in [0.2, 0.25) is 5.91 Å².